The normalized spacial score (nSPS) is 15.8. The first kappa shape index (κ1) is 21.6. The summed E-state index contributed by atoms with van der Waals surface area (Å²) in [6.07, 6.45) is 0.948. The van der Waals surface area contributed by atoms with Gasteiger partial charge in [-0.05, 0) is 57.0 Å². The highest BCUT2D eigenvalue weighted by atomic mass is 35.5. The Morgan fingerprint density at radius 3 is 2.41 bits per heavy atom. The molecule has 0 saturated carbocycles. The molecule has 0 atom stereocenters. The molecule has 1 aliphatic rings. The predicted octanol–water partition coefficient (Wildman–Crippen LogP) is 4.09. The second kappa shape index (κ2) is 9.15. The van der Waals surface area contributed by atoms with E-state index in [9.17, 15) is 13.2 Å². The van der Waals surface area contributed by atoms with Crippen LogP contribution in [0, 0.1) is 12.8 Å². The van der Waals surface area contributed by atoms with E-state index in [0.717, 1.165) is 11.3 Å². The first-order valence-electron chi connectivity index (χ1n) is 9.61. The summed E-state index contributed by atoms with van der Waals surface area (Å²) < 4.78 is 32.6. The lowest BCUT2D eigenvalue weighted by Crippen LogP contribution is -2.41. The van der Waals surface area contributed by atoms with E-state index in [1.165, 1.54) is 16.4 Å². The molecule has 2 aromatic carbocycles. The molecule has 0 bridgehead atoms. The van der Waals surface area contributed by atoms with Gasteiger partial charge in [-0.25, -0.2) is 8.42 Å². The molecule has 0 aliphatic carbocycles. The number of aryl methyl sites for hydroxylation is 1. The van der Waals surface area contributed by atoms with Crippen LogP contribution in [0.4, 0.5) is 5.69 Å². The summed E-state index contributed by atoms with van der Waals surface area (Å²) in [5.74, 6) is 0.168. The molecule has 0 radical (unpaired) electrons. The third-order valence-corrected chi connectivity index (χ3v) is 7.17. The summed E-state index contributed by atoms with van der Waals surface area (Å²) in [6.45, 7) is 4.85. The van der Waals surface area contributed by atoms with Gasteiger partial charge in [-0.3, -0.25) is 4.79 Å². The number of benzene rings is 2. The molecule has 0 aromatic heterocycles. The number of nitrogens with one attached hydrogen (secondary N) is 1. The zero-order valence-electron chi connectivity index (χ0n) is 16.5. The molecule has 6 nitrogen and oxygen atoms in total. The summed E-state index contributed by atoms with van der Waals surface area (Å²) in [6, 6.07) is 12.1. The van der Waals surface area contributed by atoms with Crippen LogP contribution in [0.5, 0.6) is 5.75 Å². The Hall–Kier alpha value is -2.09. The van der Waals surface area contributed by atoms with Crippen molar-refractivity contribution in [3.63, 3.8) is 0 Å². The molecule has 1 saturated heterocycles. The number of anilines is 1. The lowest BCUT2D eigenvalue weighted by atomic mass is 9.97. The van der Waals surface area contributed by atoms with Gasteiger partial charge in [0.1, 0.15) is 5.75 Å². The fourth-order valence-electron chi connectivity index (χ4n) is 3.30. The van der Waals surface area contributed by atoms with Gasteiger partial charge in [-0.15, -0.1) is 0 Å². The number of halogens is 1. The number of piperidine rings is 1. The van der Waals surface area contributed by atoms with Crippen LogP contribution in [0.2, 0.25) is 5.02 Å². The van der Waals surface area contributed by atoms with Crippen LogP contribution in [0.15, 0.2) is 47.4 Å². The van der Waals surface area contributed by atoms with E-state index in [1.54, 1.807) is 6.07 Å². The standard InChI is InChI=1S/C21H25ClN2O4S/c1-3-28-20-9-8-18(14-19(20)22)29(26,27)24-12-10-16(11-13-24)21(25)23-17-6-4-15(2)5-7-17/h4-9,14,16H,3,10-13H2,1-2H3,(H,23,25). The highest BCUT2D eigenvalue weighted by molar-refractivity contribution is 7.89. The summed E-state index contributed by atoms with van der Waals surface area (Å²) in [5.41, 5.74) is 1.87. The SMILES string of the molecule is CCOc1ccc(S(=O)(=O)N2CCC(C(=O)Nc3ccc(C)cc3)CC2)cc1Cl. The molecule has 156 valence electrons. The summed E-state index contributed by atoms with van der Waals surface area (Å²) in [4.78, 5) is 12.6. The van der Waals surface area contributed by atoms with E-state index >= 15 is 0 Å². The molecular formula is C21H25ClN2O4S. The number of nitrogens with zero attached hydrogens (tertiary/aromatic N) is 1. The average molecular weight is 437 g/mol. The topological polar surface area (TPSA) is 75.7 Å². The fraction of sp³-hybridized carbons (Fsp3) is 0.381. The van der Waals surface area contributed by atoms with E-state index in [2.05, 4.69) is 5.32 Å². The zero-order valence-corrected chi connectivity index (χ0v) is 18.1. The summed E-state index contributed by atoms with van der Waals surface area (Å²) in [5, 5.41) is 3.18. The summed E-state index contributed by atoms with van der Waals surface area (Å²) >= 11 is 6.14. The van der Waals surface area contributed by atoms with Crippen molar-refractivity contribution in [3.05, 3.63) is 53.1 Å². The number of hydrogen-bond acceptors (Lipinski definition) is 4. The zero-order chi connectivity index (χ0) is 21.0. The maximum absolute atomic E-state index is 12.9. The molecule has 0 unspecified atom stereocenters. The van der Waals surface area contributed by atoms with Crippen molar-refractivity contribution in [2.24, 2.45) is 5.92 Å². The maximum Gasteiger partial charge on any atom is 0.243 e. The van der Waals surface area contributed by atoms with Gasteiger partial charge >= 0.3 is 0 Å². The van der Waals surface area contributed by atoms with Gasteiger partial charge in [0.05, 0.1) is 16.5 Å². The maximum atomic E-state index is 12.9. The molecule has 3 rings (SSSR count). The number of rotatable bonds is 6. The van der Waals surface area contributed by atoms with Gasteiger partial charge in [0, 0.05) is 24.7 Å². The Kier molecular flexibility index (Phi) is 6.82. The van der Waals surface area contributed by atoms with Crippen molar-refractivity contribution < 1.29 is 17.9 Å². The molecule has 0 spiro atoms. The number of sulfonamides is 1. The Bertz CT molecular complexity index is 969. The first-order chi connectivity index (χ1) is 13.8. The third kappa shape index (κ3) is 5.10. The van der Waals surface area contributed by atoms with Crippen LogP contribution in [0.3, 0.4) is 0 Å². The average Bonchev–Trinajstić information content (AvgIpc) is 2.71. The van der Waals surface area contributed by atoms with Crippen molar-refractivity contribution in [2.45, 2.75) is 31.6 Å². The van der Waals surface area contributed by atoms with Crippen LogP contribution in [-0.2, 0) is 14.8 Å². The molecule has 1 heterocycles. The van der Waals surface area contributed by atoms with E-state index in [4.69, 9.17) is 16.3 Å². The second-order valence-corrected chi connectivity index (χ2v) is 9.40. The van der Waals surface area contributed by atoms with Crippen LogP contribution in [0.1, 0.15) is 25.3 Å². The number of carbonyl (C=O) groups excluding carboxylic acids is 1. The molecule has 29 heavy (non-hydrogen) atoms. The molecule has 1 aliphatic heterocycles. The lowest BCUT2D eigenvalue weighted by molar-refractivity contribution is -0.120. The Balaban J connectivity index is 1.62. The smallest absolute Gasteiger partial charge is 0.243 e. The van der Waals surface area contributed by atoms with Crippen molar-refractivity contribution in [1.82, 2.24) is 4.31 Å². The van der Waals surface area contributed by atoms with Gasteiger partial charge in [0.15, 0.2) is 0 Å². The monoisotopic (exact) mass is 436 g/mol. The highest BCUT2D eigenvalue weighted by Crippen LogP contribution is 2.30. The predicted molar refractivity (Wildman–Crippen MR) is 114 cm³/mol. The van der Waals surface area contributed by atoms with Gasteiger partial charge < -0.3 is 10.1 Å². The van der Waals surface area contributed by atoms with Gasteiger partial charge in [-0.2, -0.15) is 4.31 Å². The van der Waals surface area contributed by atoms with Crippen LogP contribution in [0.25, 0.3) is 0 Å². The molecule has 1 fully saturated rings. The second-order valence-electron chi connectivity index (χ2n) is 7.06. The minimum Gasteiger partial charge on any atom is -0.492 e. The van der Waals surface area contributed by atoms with Crippen LogP contribution < -0.4 is 10.1 Å². The van der Waals surface area contributed by atoms with Crippen molar-refractivity contribution in [1.29, 1.82) is 0 Å². The molecule has 1 N–H and O–H groups in total. The van der Waals surface area contributed by atoms with Gasteiger partial charge in [0.25, 0.3) is 0 Å². The fourth-order valence-corrected chi connectivity index (χ4v) is 5.10. The Labute approximate surface area is 176 Å². The lowest BCUT2D eigenvalue weighted by Gasteiger charge is -2.30. The molecule has 1 amide bonds. The first-order valence-corrected chi connectivity index (χ1v) is 11.4. The number of hydrogen-bond donors (Lipinski definition) is 1. The Morgan fingerprint density at radius 2 is 1.83 bits per heavy atom. The number of ether oxygens (including phenoxy) is 1. The molecular weight excluding hydrogens is 412 g/mol. The third-order valence-electron chi connectivity index (χ3n) is 4.98. The van der Waals surface area contributed by atoms with Crippen molar-refractivity contribution in [2.75, 3.05) is 25.0 Å². The number of amides is 1. The van der Waals surface area contributed by atoms with Gasteiger partial charge in [-0.1, -0.05) is 29.3 Å². The van der Waals surface area contributed by atoms with Crippen molar-refractivity contribution in [3.8, 4) is 5.75 Å². The Morgan fingerprint density at radius 1 is 1.17 bits per heavy atom. The van der Waals surface area contributed by atoms with Crippen LogP contribution >= 0.6 is 11.6 Å². The van der Waals surface area contributed by atoms with Crippen molar-refractivity contribution >= 4 is 33.2 Å². The molecule has 2 aromatic rings. The highest BCUT2D eigenvalue weighted by Gasteiger charge is 2.32. The molecule has 8 heteroatoms. The van der Waals surface area contributed by atoms with E-state index < -0.39 is 10.0 Å². The van der Waals surface area contributed by atoms with E-state index in [1.807, 2.05) is 38.1 Å². The number of carbonyl (C=O) groups is 1. The van der Waals surface area contributed by atoms with E-state index in [-0.39, 0.29) is 21.7 Å². The van der Waals surface area contributed by atoms with Gasteiger partial charge in [0.2, 0.25) is 15.9 Å². The summed E-state index contributed by atoms with van der Waals surface area (Å²) in [7, 11) is -3.67. The van der Waals surface area contributed by atoms with E-state index in [0.29, 0.717) is 38.3 Å². The quantitative estimate of drug-likeness (QED) is 0.740. The minimum atomic E-state index is -3.67. The van der Waals surface area contributed by atoms with Crippen LogP contribution in [-0.4, -0.2) is 38.3 Å². The largest absolute Gasteiger partial charge is 0.492 e. The minimum absolute atomic E-state index is 0.0741.